The van der Waals surface area contributed by atoms with Crippen LogP contribution in [0, 0.1) is 0 Å². The number of hydrogen-bond donors (Lipinski definition) is 1. The van der Waals surface area contributed by atoms with E-state index in [-0.39, 0.29) is 0 Å². The zero-order valence-corrected chi connectivity index (χ0v) is 8.92. The van der Waals surface area contributed by atoms with Gasteiger partial charge in [-0.15, -0.1) is 0 Å². The Balaban J connectivity index is 2.16. The van der Waals surface area contributed by atoms with E-state index in [1.807, 2.05) is 12.1 Å². The minimum absolute atomic E-state index is 0.376. The summed E-state index contributed by atoms with van der Waals surface area (Å²) >= 11 is 6.03. The van der Waals surface area contributed by atoms with Gasteiger partial charge >= 0.3 is 0 Å². The quantitative estimate of drug-likeness (QED) is 0.816. The van der Waals surface area contributed by atoms with Crippen molar-refractivity contribution in [3.63, 3.8) is 0 Å². The maximum Gasteiger partial charge on any atom is 0.137 e. The van der Waals surface area contributed by atoms with Crippen LogP contribution in [0.4, 0.5) is 0 Å². The molecule has 2 nitrogen and oxygen atoms in total. The van der Waals surface area contributed by atoms with E-state index >= 15 is 0 Å². The summed E-state index contributed by atoms with van der Waals surface area (Å²) in [5.41, 5.74) is 7.02. The van der Waals surface area contributed by atoms with E-state index in [2.05, 4.69) is 6.07 Å². The highest BCUT2D eigenvalue weighted by atomic mass is 35.5. The third kappa shape index (κ3) is 1.72. The van der Waals surface area contributed by atoms with E-state index in [0.29, 0.717) is 17.0 Å². The van der Waals surface area contributed by atoms with Gasteiger partial charge in [-0.25, -0.2) is 0 Å². The monoisotopic (exact) mass is 211 g/mol. The molecular formula is C11H14ClNO. The SMILES string of the molecule is COc1ccc(C2CC(N)C2)cc1Cl. The van der Waals surface area contributed by atoms with Gasteiger partial charge < -0.3 is 10.5 Å². The van der Waals surface area contributed by atoms with Crippen LogP contribution in [-0.4, -0.2) is 13.2 Å². The highest BCUT2D eigenvalue weighted by molar-refractivity contribution is 6.32. The van der Waals surface area contributed by atoms with Gasteiger partial charge in [0.15, 0.2) is 0 Å². The molecule has 0 heterocycles. The molecule has 2 N–H and O–H groups in total. The van der Waals surface area contributed by atoms with Crippen molar-refractivity contribution < 1.29 is 4.74 Å². The van der Waals surface area contributed by atoms with Gasteiger partial charge in [0, 0.05) is 6.04 Å². The van der Waals surface area contributed by atoms with Crippen LogP contribution >= 0.6 is 11.6 Å². The van der Waals surface area contributed by atoms with Crippen LogP contribution in [-0.2, 0) is 0 Å². The van der Waals surface area contributed by atoms with Gasteiger partial charge in [0.05, 0.1) is 12.1 Å². The Morgan fingerprint density at radius 3 is 2.64 bits per heavy atom. The number of rotatable bonds is 2. The molecule has 1 fully saturated rings. The third-order valence-electron chi connectivity index (χ3n) is 2.82. The van der Waals surface area contributed by atoms with E-state index < -0.39 is 0 Å². The highest BCUT2D eigenvalue weighted by Crippen LogP contribution is 2.38. The first-order valence-electron chi connectivity index (χ1n) is 4.79. The van der Waals surface area contributed by atoms with Crippen LogP contribution in [0.15, 0.2) is 18.2 Å². The van der Waals surface area contributed by atoms with Gasteiger partial charge in [-0.2, -0.15) is 0 Å². The van der Waals surface area contributed by atoms with Gasteiger partial charge in [-0.05, 0) is 36.5 Å². The smallest absolute Gasteiger partial charge is 0.137 e. The Kier molecular flexibility index (Phi) is 2.66. The summed E-state index contributed by atoms with van der Waals surface area (Å²) in [6, 6.07) is 6.35. The summed E-state index contributed by atoms with van der Waals surface area (Å²) < 4.78 is 5.10. The first-order valence-corrected chi connectivity index (χ1v) is 5.17. The van der Waals surface area contributed by atoms with Crippen LogP contribution in [0.1, 0.15) is 24.3 Å². The summed E-state index contributed by atoms with van der Waals surface area (Å²) in [5.74, 6) is 1.33. The van der Waals surface area contributed by atoms with E-state index in [1.165, 1.54) is 5.56 Å². The first kappa shape index (κ1) is 9.81. The van der Waals surface area contributed by atoms with Crippen LogP contribution in [0.2, 0.25) is 5.02 Å². The molecular weight excluding hydrogens is 198 g/mol. The molecule has 0 radical (unpaired) electrons. The lowest BCUT2D eigenvalue weighted by atomic mass is 9.76. The number of ether oxygens (including phenoxy) is 1. The molecule has 76 valence electrons. The molecule has 0 bridgehead atoms. The van der Waals surface area contributed by atoms with Gasteiger partial charge in [-0.1, -0.05) is 17.7 Å². The summed E-state index contributed by atoms with van der Waals surface area (Å²) in [6.45, 7) is 0. The van der Waals surface area contributed by atoms with Crippen molar-refractivity contribution in [2.45, 2.75) is 24.8 Å². The predicted octanol–water partition coefficient (Wildman–Crippen LogP) is 2.55. The molecule has 0 atom stereocenters. The maximum atomic E-state index is 6.03. The average molecular weight is 212 g/mol. The van der Waals surface area contributed by atoms with Crippen LogP contribution in [0.3, 0.4) is 0 Å². The summed E-state index contributed by atoms with van der Waals surface area (Å²) in [5, 5.41) is 0.686. The van der Waals surface area contributed by atoms with Crippen molar-refractivity contribution in [3.8, 4) is 5.75 Å². The molecule has 1 aromatic rings. The maximum absolute atomic E-state index is 6.03. The standard InChI is InChI=1S/C11H14ClNO/c1-14-11-3-2-7(6-10(11)12)8-4-9(13)5-8/h2-3,6,8-9H,4-5,13H2,1H3. The molecule has 0 spiro atoms. The number of halogens is 1. The second-order valence-corrected chi connectivity index (χ2v) is 4.23. The highest BCUT2D eigenvalue weighted by Gasteiger charge is 2.27. The Labute approximate surface area is 89.0 Å². The van der Waals surface area contributed by atoms with Gasteiger partial charge in [0.1, 0.15) is 5.75 Å². The normalized spacial score (nSPS) is 25.6. The summed E-state index contributed by atoms with van der Waals surface area (Å²) in [4.78, 5) is 0. The number of benzene rings is 1. The van der Waals surface area contributed by atoms with Gasteiger partial charge in [0.2, 0.25) is 0 Å². The molecule has 1 aromatic carbocycles. The van der Waals surface area contributed by atoms with Gasteiger partial charge in [0.25, 0.3) is 0 Å². The fourth-order valence-electron chi connectivity index (χ4n) is 1.87. The number of nitrogens with two attached hydrogens (primary N) is 1. The lowest BCUT2D eigenvalue weighted by molar-refractivity contribution is 0.351. The van der Waals surface area contributed by atoms with Crippen LogP contribution in [0.5, 0.6) is 5.75 Å². The van der Waals surface area contributed by atoms with Crippen molar-refractivity contribution >= 4 is 11.6 Å². The first-order chi connectivity index (χ1) is 6.70. The van der Waals surface area contributed by atoms with Crippen LogP contribution < -0.4 is 10.5 Å². The molecule has 1 saturated carbocycles. The Hall–Kier alpha value is -0.730. The molecule has 1 aliphatic rings. The summed E-state index contributed by atoms with van der Waals surface area (Å²) in [6.07, 6.45) is 2.14. The fourth-order valence-corrected chi connectivity index (χ4v) is 2.14. The van der Waals surface area contributed by atoms with E-state index in [9.17, 15) is 0 Å². The van der Waals surface area contributed by atoms with Crippen LogP contribution in [0.25, 0.3) is 0 Å². The number of hydrogen-bond acceptors (Lipinski definition) is 2. The second-order valence-electron chi connectivity index (χ2n) is 3.82. The predicted molar refractivity (Wildman–Crippen MR) is 58.0 cm³/mol. The fraction of sp³-hybridized carbons (Fsp3) is 0.455. The Morgan fingerprint density at radius 1 is 1.43 bits per heavy atom. The lowest BCUT2D eigenvalue weighted by Gasteiger charge is -2.32. The van der Waals surface area contributed by atoms with E-state index in [0.717, 1.165) is 18.6 Å². The van der Waals surface area contributed by atoms with Crippen molar-refractivity contribution in [2.24, 2.45) is 5.73 Å². The largest absolute Gasteiger partial charge is 0.495 e. The molecule has 0 aromatic heterocycles. The molecule has 0 amide bonds. The molecule has 1 aliphatic carbocycles. The topological polar surface area (TPSA) is 35.2 Å². The van der Waals surface area contributed by atoms with Crippen molar-refractivity contribution in [2.75, 3.05) is 7.11 Å². The van der Waals surface area contributed by atoms with E-state index in [1.54, 1.807) is 7.11 Å². The molecule has 3 heteroatoms. The zero-order valence-electron chi connectivity index (χ0n) is 8.16. The van der Waals surface area contributed by atoms with Gasteiger partial charge in [-0.3, -0.25) is 0 Å². The molecule has 2 rings (SSSR count). The van der Waals surface area contributed by atoms with Crippen molar-refractivity contribution in [3.05, 3.63) is 28.8 Å². The molecule has 0 saturated heterocycles. The molecule has 0 aliphatic heterocycles. The van der Waals surface area contributed by atoms with E-state index in [4.69, 9.17) is 22.1 Å². The Morgan fingerprint density at radius 2 is 2.14 bits per heavy atom. The Bertz CT molecular complexity index is 334. The second kappa shape index (κ2) is 3.79. The summed E-state index contributed by atoms with van der Waals surface area (Å²) in [7, 11) is 1.63. The van der Waals surface area contributed by atoms with Crippen molar-refractivity contribution in [1.82, 2.24) is 0 Å². The molecule has 0 unspecified atom stereocenters. The average Bonchev–Trinajstić information content (AvgIpc) is 2.13. The van der Waals surface area contributed by atoms with Crippen molar-refractivity contribution in [1.29, 1.82) is 0 Å². The minimum atomic E-state index is 0.376. The molecule has 14 heavy (non-hydrogen) atoms. The minimum Gasteiger partial charge on any atom is -0.495 e. The zero-order chi connectivity index (χ0) is 10.1. The third-order valence-corrected chi connectivity index (χ3v) is 3.12. The number of methoxy groups -OCH3 is 1. The lowest BCUT2D eigenvalue weighted by Crippen LogP contribution is -2.34.